The summed E-state index contributed by atoms with van der Waals surface area (Å²) < 4.78 is 1.61. The number of aryl methyl sites for hydroxylation is 2. The van der Waals surface area contributed by atoms with Crippen molar-refractivity contribution in [3.63, 3.8) is 0 Å². The second-order valence-corrected chi connectivity index (χ2v) is 4.63. The molecular weight excluding hydrogens is 202 g/mol. The quantitative estimate of drug-likeness (QED) is 0.755. The summed E-state index contributed by atoms with van der Waals surface area (Å²) in [7, 11) is 1.81. The Hall–Kier alpha value is -1.10. The van der Waals surface area contributed by atoms with Crippen LogP contribution in [0.2, 0.25) is 0 Å². The van der Waals surface area contributed by atoms with E-state index in [2.05, 4.69) is 23.9 Å². The highest BCUT2D eigenvalue weighted by Crippen LogP contribution is 2.20. The molecule has 0 bridgehead atoms. The van der Waals surface area contributed by atoms with Gasteiger partial charge in [0.05, 0.1) is 0 Å². The topological polar surface area (TPSA) is 82.7 Å². The van der Waals surface area contributed by atoms with Crippen LogP contribution in [0.1, 0.15) is 32.5 Å². The van der Waals surface area contributed by atoms with Crippen molar-refractivity contribution in [3.05, 3.63) is 5.82 Å². The third kappa shape index (κ3) is 3.48. The first-order valence-corrected chi connectivity index (χ1v) is 5.90. The normalized spacial score (nSPS) is 13.3. The zero-order valence-electron chi connectivity index (χ0n) is 10.5. The van der Waals surface area contributed by atoms with E-state index in [-0.39, 0.29) is 0 Å². The maximum atomic E-state index is 5.63. The van der Waals surface area contributed by atoms with Crippen LogP contribution in [0.15, 0.2) is 0 Å². The van der Waals surface area contributed by atoms with Crippen molar-refractivity contribution >= 4 is 5.95 Å². The lowest BCUT2D eigenvalue weighted by Crippen LogP contribution is -2.15. The van der Waals surface area contributed by atoms with E-state index in [4.69, 9.17) is 11.5 Å². The molecule has 0 radical (unpaired) electrons. The Kier molecular flexibility index (Phi) is 4.73. The van der Waals surface area contributed by atoms with Crippen LogP contribution >= 0.6 is 0 Å². The molecule has 0 aliphatic rings. The van der Waals surface area contributed by atoms with Crippen molar-refractivity contribution in [2.45, 2.75) is 33.1 Å². The van der Waals surface area contributed by atoms with Crippen LogP contribution in [0.4, 0.5) is 5.95 Å². The lowest BCUT2D eigenvalue weighted by atomic mass is 9.88. The Morgan fingerprint density at radius 1 is 1.31 bits per heavy atom. The summed E-state index contributed by atoms with van der Waals surface area (Å²) in [6.07, 6.45) is 3.03. The maximum absolute atomic E-state index is 5.63. The van der Waals surface area contributed by atoms with Crippen molar-refractivity contribution in [2.75, 3.05) is 12.3 Å². The molecule has 1 aromatic rings. The number of anilines is 1. The van der Waals surface area contributed by atoms with Gasteiger partial charge >= 0.3 is 0 Å². The lowest BCUT2D eigenvalue weighted by molar-refractivity contribution is 0.339. The van der Waals surface area contributed by atoms with Crippen LogP contribution in [0.3, 0.4) is 0 Å². The van der Waals surface area contributed by atoms with Gasteiger partial charge < -0.3 is 11.5 Å². The standard InChI is InChI=1S/C11H23N5/c1-8(2)9(6-7-12)4-5-10-14-11(13)16(3)15-10/h8-9H,4-7,12H2,1-3H3,(H2,13,14,15). The fraction of sp³-hybridized carbons (Fsp3) is 0.818. The first-order valence-electron chi connectivity index (χ1n) is 5.90. The zero-order chi connectivity index (χ0) is 12.1. The molecule has 0 saturated carbocycles. The molecule has 0 fully saturated rings. The van der Waals surface area contributed by atoms with Gasteiger partial charge in [0.2, 0.25) is 5.95 Å². The minimum atomic E-state index is 0.481. The van der Waals surface area contributed by atoms with Crippen LogP contribution in [-0.2, 0) is 13.5 Å². The minimum absolute atomic E-state index is 0.481. The third-order valence-electron chi connectivity index (χ3n) is 3.06. The predicted molar refractivity (Wildman–Crippen MR) is 65.7 cm³/mol. The summed E-state index contributed by atoms with van der Waals surface area (Å²) in [6.45, 7) is 5.22. The van der Waals surface area contributed by atoms with Gasteiger partial charge in [-0.3, -0.25) is 0 Å². The lowest BCUT2D eigenvalue weighted by Gasteiger charge is -2.19. The summed E-state index contributed by atoms with van der Waals surface area (Å²) in [6, 6.07) is 0. The highest BCUT2D eigenvalue weighted by Gasteiger charge is 2.14. The summed E-state index contributed by atoms with van der Waals surface area (Å²) >= 11 is 0. The molecule has 0 spiro atoms. The number of nitrogens with zero attached hydrogens (tertiary/aromatic N) is 3. The first-order chi connectivity index (χ1) is 7.54. The molecule has 1 unspecified atom stereocenters. The van der Waals surface area contributed by atoms with E-state index < -0.39 is 0 Å². The molecule has 1 atom stereocenters. The van der Waals surface area contributed by atoms with Crippen molar-refractivity contribution in [2.24, 2.45) is 24.6 Å². The van der Waals surface area contributed by atoms with E-state index in [1.54, 1.807) is 4.68 Å². The number of hydrogen-bond acceptors (Lipinski definition) is 4. The fourth-order valence-corrected chi connectivity index (χ4v) is 1.90. The monoisotopic (exact) mass is 225 g/mol. The maximum Gasteiger partial charge on any atom is 0.218 e. The summed E-state index contributed by atoms with van der Waals surface area (Å²) in [5.41, 5.74) is 11.2. The smallest absolute Gasteiger partial charge is 0.218 e. The van der Waals surface area contributed by atoms with Crippen LogP contribution in [-0.4, -0.2) is 21.3 Å². The molecule has 0 aromatic carbocycles. The third-order valence-corrected chi connectivity index (χ3v) is 3.06. The average molecular weight is 225 g/mol. The van der Waals surface area contributed by atoms with Crippen LogP contribution < -0.4 is 11.5 Å². The van der Waals surface area contributed by atoms with Gasteiger partial charge in [-0.15, -0.1) is 0 Å². The van der Waals surface area contributed by atoms with E-state index in [0.717, 1.165) is 31.6 Å². The first kappa shape index (κ1) is 13.0. The van der Waals surface area contributed by atoms with Crippen molar-refractivity contribution < 1.29 is 0 Å². The molecule has 1 heterocycles. The highest BCUT2D eigenvalue weighted by atomic mass is 15.4. The van der Waals surface area contributed by atoms with Crippen LogP contribution in [0.25, 0.3) is 0 Å². The van der Waals surface area contributed by atoms with Gasteiger partial charge in [0, 0.05) is 13.5 Å². The minimum Gasteiger partial charge on any atom is -0.368 e. The van der Waals surface area contributed by atoms with Crippen LogP contribution in [0.5, 0.6) is 0 Å². The Labute approximate surface area is 97.2 Å². The molecule has 4 N–H and O–H groups in total. The number of nitrogens with two attached hydrogens (primary N) is 2. The van der Waals surface area contributed by atoms with Gasteiger partial charge in [-0.25, -0.2) is 4.68 Å². The molecule has 1 rings (SSSR count). The summed E-state index contributed by atoms with van der Waals surface area (Å²) in [4.78, 5) is 4.20. The number of nitrogen functional groups attached to an aromatic ring is 1. The average Bonchev–Trinajstić information content (AvgIpc) is 2.53. The molecule has 5 nitrogen and oxygen atoms in total. The number of rotatable bonds is 6. The molecule has 0 amide bonds. The molecule has 1 aromatic heterocycles. The molecule has 0 aliphatic heterocycles. The number of aromatic nitrogens is 3. The van der Waals surface area contributed by atoms with Crippen molar-refractivity contribution in [3.8, 4) is 0 Å². The molecule has 92 valence electrons. The van der Waals surface area contributed by atoms with Crippen molar-refractivity contribution in [1.29, 1.82) is 0 Å². The van der Waals surface area contributed by atoms with E-state index >= 15 is 0 Å². The Morgan fingerprint density at radius 2 is 2.00 bits per heavy atom. The molecule has 0 aliphatic carbocycles. The largest absolute Gasteiger partial charge is 0.368 e. The van der Waals surface area contributed by atoms with E-state index in [9.17, 15) is 0 Å². The van der Waals surface area contributed by atoms with Gasteiger partial charge in [-0.05, 0) is 31.2 Å². The highest BCUT2D eigenvalue weighted by molar-refractivity contribution is 5.15. The Morgan fingerprint density at radius 3 is 2.44 bits per heavy atom. The van der Waals surface area contributed by atoms with Gasteiger partial charge in [0.15, 0.2) is 5.82 Å². The predicted octanol–water partition coefficient (Wildman–Crippen LogP) is 0.951. The Bertz CT molecular complexity index is 299. The molecular formula is C11H23N5. The van der Waals surface area contributed by atoms with Gasteiger partial charge in [-0.2, -0.15) is 10.1 Å². The molecule has 0 saturated heterocycles. The molecule has 5 heteroatoms. The second-order valence-electron chi connectivity index (χ2n) is 4.63. The zero-order valence-corrected chi connectivity index (χ0v) is 10.5. The van der Waals surface area contributed by atoms with Gasteiger partial charge in [0.25, 0.3) is 0 Å². The van der Waals surface area contributed by atoms with Crippen molar-refractivity contribution in [1.82, 2.24) is 14.8 Å². The SMILES string of the molecule is CC(C)C(CCN)CCc1nc(N)n(C)n1. The number of hydrogen-bond donors (Lipinski definition) is 2. The second kappa shape index (κ2) is 5.84. The fourth-order valence-electron chi connectivity index (χ4n) is 1.90. The van der Waals surface area contributed by atoms with E-state index in [1.165, 1.54) is 0 Å². The summed E-state index contributed by atoms with van der Waals surface area (Å²) in [5, 5.41) is 4.25. The van der Waals surface area contributed by atoms with E-state index in [0.29, 0.717) is 17.8 Å². The molecule has 16 heavy (non-hydrogen) atoms. The van der Waals surface area contributed by atoms with Gasteiger partial charge in [-0.1, -0.05) is 13.8 Å². The Balaban J connectivity index is 2.48. The van der Waals surface area contributed by atoms with E-state index in [1.807, 2.05) is 7.05 Å². The van der Waals surface area contributed by atoms with Gasteiger partial charge in [0.1, 0.15) is 0 Å². The summed E-state index contributed by atoms with van der Waals surface area (Å²) in [5.74, 6) is 2.62. The van der Waals surface area contributed by atoms with Crippen LogP contribution in [0, 0.1) is 11.8 Å².